The molecule has 0 N–H and O–H groups in total. The lowest BCUT2D eigenvalue weighted by molar-refractivity contribution is -0.135. The first-order valence-electron chi connectivity index (χ1n) is 12.7. The number of ether oxygens (including phenoxy) is 1. The van der Waals surface area contributed by atoms with Gasteiger partial charge < -0.3 is 19.4 Å². The molecule has 2 fully saturated rings. The Bertz CT molecular complexity index is 1270. The minimum absolute atomic E-state index is 0.0871. The van der Waals surface area contributed by atoms with Crippen molar-refractivity contribution in [3.63, 3.8) is 0 Å². The zero-order valence-corrected chi connectivity index (χ0v) is 22.0. The molecular weight excluding hydrogens is 486 g/mol. The van der Waals surface area contributed by atoms with Gasteiger partial charge in [0.2, 0.25) is 5.91 Å². The van der Waals surface area contributed by atoms with Crippen LogP contribution in [0.1, 0.15) is 27.4 Å². The van der Waals surface area contributed by atoms with Crippen molar-refractivity contribution in [2.45, 2.75) is 12.8 Å². The number of carbonyl (C=O) groups is 2. The maximum atomic E-state index is 13.9. The highest BCUT2D eigenvalue weighted by molar-refractivity contribution is 6.31. The molecular formula is C30H32ClN3O3. The molecule has 3 aromatic carbocycles. The number of piperazine rings is 1. The minimum atomic E-state index is -0.304. The number of hydrogen-bond acceptors (Lipinski definition) is 4. The number of halogens is 1. The molecule has 0 radical (unpaired) electrons. The van der Waals surface area contributed by atoms with E-state index in [9.17, 15) is 9.59 Å². The smallest absolute Gasteiger partial charge is 0.253 e. The second-order valence-corrected chi connectivity index (χ2v) is 10.2. The van der Waals surface area contributed by atoms with Gasteiger partial charge in [-0.15, -0.1) is 0 Å². The Morgan fingerprint density at radius 2 is 1.59 bits per heavy atom. The fourth-order valence-electron chi connectivity index (χ4n) is 5.53. The van der Waals surface area contributed by atoms with Gasteiger partial charge in [0.25, 0.3) is 5.91 Å². The molecule has 5 rings (SSSR count). The molecule has 0 unspecified atom stereocenters. The van der Waals surface area contributed by atoms with Crippen LogP contribution in [0.15, 0.2) is 72.8 Å². The van der Waals surface area contributed by atoms with Crippen LogP contribution >= 0.6 is 11.6 Å². The fraction of sp³-hybridized carbons (Fsp3) is 0.333. The molecule has 0 aromatic heterocycles. The summed E-state index contributed by atoms with van der Waals surface area (Å²) in [6, 6.07) is 23.2. The molecule has 3 aromatic rings. The van der Waals surface area contributed by atoms with Crippen LogP contribution in [-0.2, 0) is 4.79 Å². The summed E-state index contributed by atoms with van der Waals surface area (Å²) < 4.78 is 5.33. The summed E-state index contributed by atoms with van der Waals surface area (Å²) >= 11 is 6.15. The molecule has 0 saturated carbocycles. The van der Waals surface area contributed by atoms with E-state index in [0.29, 0.717) is 36.8 Å². The van der Waals surface area contributed by atoms with Crippen LogP contribution in [0.4, 0.5) is 5.69 Å². The topological polar surface area (TPSA) is 53.1 Å². The van der Waals surface area contributed by atoms with Gasteiger partial charge in [0.15, 0.2) is 0 Å². The van der Waals surface area contributed by atoms with Crippen LogP contribution in [0.5, 0.6) is 5.75 Å². The molecule has 192 valence electrons. The van der Waals surface area contributed by atoms with Gasteiger partial charge in [-0.2, -0.15) is 0 Å². The summed E-state index contributed by atoms with van der Waals surface area (Å²) in [5.41, 5.74) is 4.05. The van der Waals surface area contributed by atoms with Crippen molar-refractivity contribution < 1.29 is 14.3 Å². The van der Waals surface area contributed by atoms with E-state index in [4.69, 9.17) is 16.3 Å². The molecule has 0 aliphatic carbocycles. The van der Waals surface area contributed by atoms with E-state index in [1.165, 1.54) is 11.3 Å². The van der Waals surface area contributed by atoms with Gasteiger partial charge in [-0.1, -0.05) is 48.0 Å². The third-order valence-electron chi connectivity index (χ3n) is 7.59. The first-order chi connectivity index (χ1) is 17.9. The summed E-state index contributed by atoms with van der Waals surface area (Å²) in [7, 11) is 1.64. The maximum Gasteiger partial charge on any atom is 0.253 e. The lowest BCUT2D eigenvalue weighted by atomic mass is 9.87. The Balaban J connectivity index is 1.35. The van der Waals surface area contributed by atoms with Crippen LogP contribution in [0.2, 0.25) is 5.02 Å². The van der Waals surface area contributed by atoms with Gasteiger partial charge in [0.1, 0.15) is 5.75 Å². The summed E-state index contributed by atoms with van der Waals surface area (Å²) in [5.74, 6) is 0.397. The number of para-hydroxylation sites is 1. The summed E-state index contributed by atoms with van der Waals surface area (Å²) in [6.07, 6.45) is 0. The van der Waals surface area contributed by atoms with Crippen molar-refractivity contribution in [3.8, 4) is 5.75 Å². The van der Waals surface area contributed by atoms with Crippen molar-refractivity contribution in [3.05, 3.63) is 94.5 Å². The molecule has 2 aliphatic heterocycles. The second kappa shape index (κ2) is 10.9. The van der Waals surface area contributed by atoms with Gasteiger partial charge in [0.05, 0.1) is 13.0 Å². The predicted molar refractivity (Wildman–Crippen MR) is 147 cm³/mol. The number of aryl methyl sites for hydroxylation is 1. The number of methoxy groups -OCH3 is 1. The van der Waals surface area contributed by atoms with E-state index < -0.39 is 0 Å². The van der Waals surface area contributed by atoms with Crippen LogP contribution in [0.3, 0.4) is 0 Å². The van der Waals surface area contributed by atoms with Crippen molar-refractivity contribution >= 4 is 29.1 Å². The zero-order valence-electron chi connectivity index (χ0n) is 21.3. The number of anilines is 1. The van der Waals surface area contributed by atoms with Crippen LogP contribution in [0, 0.1) is 12.8 Å². The largest absolute Gasteiger partial charge is 0.497 e. The highest BCUT2D eigenvalue weighted by atomic mass is 35.5. The van der Waals surface area contributed by atoms with E-state index in [1.807, 2.05) is 29.2 Å². The molecule has 0 bridgehead atoms. The Labute approximate surface area is 223 Å². The summed E-state index contributed by atoms with van der Waals surface area (Å²) in [5, 5.41) is 0.524. The number of hydrogen-bond donors (Lipinski definition) is 0. The third-order valence-corrected chi connectivity index (χ3v) is 7.82. The van der Waals surface area contributed by atoms with Gasteiger partial charge in [-0.3, -0.25) is 9.59 Å². The normalized spacial score (nSPS) is 19.7. The minimum Gasteiger partial charge on any atom is -0.497 e. The average Bonchev–Trinajstić information content (AvgIpc) is 3.38. The van der Waals surface area contributed by atoms with E-state index in [0.717, 1.165) is 24.4 Å². The summed E-state index contributed by atoms with van der Waals surface area (Å²) in [4.78, 5) is 33.4. The van der Waals surface area contributed by atoms with Gasteiger partial charge in [-0.05, 0) is 54.4 Å². The van der Waals surface area contributed by atoms with Gasteiger partial charge in [-0.25, -0.2) is 0 Å². The number of benzene rings is 3. The van der Waals surface area contributed by atoms with E-state index >= 15 is 0 Å². The maximum absolute atomic E-state index is 13.9. The first-order valence-corrected chi connectivity index (χ1v) is 13.1. The monoisotopic (exact) mass is 517 g/mol. The van der Waals surface area contributed by atoms with Crippen molar-refractivity contribution in [2.75, 3.05) is 51.3 Å². The molecule has 0 spiro atoms. The lowest BCUT2D eigenvalue weighted by Crippen LogP contribution is -2.51. The molecule has 2 heterocycles. The number of rotatable bonds is 5. The molecule has 2 atom stereocenters. The Morgan fingerprint density at radius 1 is 0.865 bits per heavy atom. The Hall–Kier alpha value is -3.51. The molecule has 2 amide bonds. The van der Waals surface area contributed by atoms with Crippen LogP contribution in [0.25, 0.3) is 0 Å². The van der Waals surface area contributed by atoms with Crippen molar-refractivity contribution in [1.82, 2.24) is 9.80 Å². The van der Waals surface area contributed by atoms with Gasteiger partial charge >= 0.3 is 0 Å². The zero-order chi connectivity index (χ0) is 25.9. The van der Waals surface area contributed by atoms with Crippen LogP contribution < -0.4 is 9.64 Å². The van der Waals surface area contributed by atoms with Crippen LogP contribution in [-0.4, -0.2) is 68.0 Å². The fourth-order valence-corrected chi connectivity index (χ4v) is 5.72. The SMILES string of the molecule is COc1ccc([C@@H]2CN(C(=O)c3cccc(Cl)c3)C[C@H]2C(=O)N2CCN(c3ccccc3C)CC2)cc1. The third kappa shape index (κ3) is 5.30. The highest BCUT2D eigenvalue weighted by Gasteiger charge is 2.42. The first kappa shape index (κ1) is 25.2. The number of likely N-dealkylation sites (tertiary alicyclic amines) is 1. The molecule has 6 nitrogen and oxygen atoms in total. The lowest BCUT2D eigenvalue weighted by Gasteiger charge is -2.38. The molecule has 2 saturated heterocycles. The van der Waals surface area contributed by atoms with E-state index in [2.05, 4.69) is 36.1 Å². The highest BCUT2D eigenvalue weighted by Crippen LogP contribution is 2.36. The Kier molecular flexibility index (Phi) is 7.38. The number of nitrogens with zero attached hydrogens (tertiary/aromatic N) is 3. The molecule has 2 aliphatic rings. The standard InChI is InChI=1S/C30H32ClN3O3/c1-21-6-3-4-9-28(21)32-14-16-33(17-15-32)30(36)27-20-34(29(35)23-7-5-8-24(31)18-23)19-26(27)22-10-12-25(37-2)13-11-22/h3-13,18,26-27H,14-17,19-20H2,1-2H3/t26-,27+/m0/s1. The second-order valence-electron chi connectivity index (χ2n) is 9.81. The number of carbonyl (C=O) groups excluding carboxylic acids is 2. The molecule has 37 heavy (non-hydrogen) atoms. The Morgan fingerprint density at radius 3 is 2.27 bits per heavy atom. The van der Waals surface area contributed by atoms with Crippen molar-refractivity contribution in [2.24, 2.45) is 5.92 Å². The molecule has 7 heteroatoms. The van der Waals surface area contributed by atoms with Crippen molar-refractivity contribution in [1.29, 1.82) is 0 Å². The number of amides is 2. The predicted octanol–water partition coefficient (Wildman–Crippen LogP) is 4.86. The van der Waals surface area contributed by atoms with E-state index in [-0.39, 0.29) is 23.7 Å². The van der Waals surface area contributed by atoms with E-state index in [1.54, 1.807) is 36.3 Å². The average molecular weight is 518 g/mol. The summed E-state index contributed by atoms with van der Waals surface area (Å²) in [6.45, 7) is 5.92. The van der Waals surface area contributed by atoms with Gasteiger partial charge in [0, 0.05) is 61.5 Å². The quantitative estimate of drug-likeness (QED) is 0.485.